The Bertz CT molecular complexity index is 1340. The quantitative estimate of drug-likeness (QED) is 0.155. The van der Waals surface area contributed by atoms with E-state index in [4.69, 9.17) is 28.9 Å². The van der Waals surface area contributed by atoms with E-state index in [-0.39, 0.29) is 23.9 Å². The molecule has 2 aromatic rings. The van der Waals surface area contributed by atoms with Crippen LogP contribution < -0.4 is 26.3 Å². The van der Waals surface area contributed by atoms with E-state index in [0.29, 0.717) is 45.0 Å². The topological polar surface area (TPSA) is 158 Å². The lowest BCUT2D eigenvalue weighted by atomic mass is 10.0. The van der Waals surface area contributed by atoms with E-state index in [2.05, 4.69) is 16.0 Å². The first kappa shape index (κ1) is 29.0. The van der Waals surface area contributed by atoms with Gasteiger partial charge in [0.1, 0.15) is 22.8 Å². The summed E-state index contributed by atoms with van der Waals surface area (Å²) >= 11 is 14.7. The van der Waals surface area contributed by atoms with Gasteiger partial charge in [0.05, 0.1) is 10.8 Å². The third-order valence-corrected chi connectivity index (χ3v) is 8.81. The van der Waals surface area contributed by atoms with E-state index in [9.17, 15) is 24.3 Å². The highest BCUT2D eigenvalue weighted by molar-refractivity contribution is 8.00. The second-order valence-corrected chi connectivity index (χ2v) is 11.5. The highest BCUT2D eigenvalue weighted by Crippen LogP contribution is 2.40. The Morgan fingerprint density at radius 3 is 2.79 bits per heavy atom. The number of pyridine rings is 1. The predicted octanol–water partition coefficient (Wildman–Crippen LogP) is 1.89. The van der Waals surface area contributed by atoms with Crippen molar-refractivity contribution in [3.05, 3.63) is 64.0 Å². The monoisotopic (exact) mass is 611 g/mol. The maximum Gasteiger partial charge on any atom is 0.352 e. The predicted molar refractivity (Wildman–Crippen MR) is 150 cm³/mol. The third kappa shape index (κ3) is 6.97. The maximum atomic E-state index is 13.0. The number of anilines is 1. The Kier molecular flexibility index (Phi) is 9.62. The average molecular weight is 613 g/mol. The summed E-state index contributed by atoms with van der Waals surface area (Å²) in [7, 11) is 0. The number of hydrogen-bond acceptors (Lipinski definition) is 7. The zero-order valence-electron chi connectivity index (χ0n) is 20.4. The number of carboxylic acids is 1. The number of rotatable bonds is 10. The molecule has 2 aliphatic heterocycles. The van der Waals surface area contributed by atoms with Crippen LogP contribution in [0.1, 0.15) is 0 Å². The Morgan fingerprint density at radius 1 is 1.26 bits per heavy atom. The molecule has 6 N–H and O–H groups in total. The minimum Gasteiger partial charge on any atom is -0.477 e. The summed E-state index contributed by atoms with van der Waals surface area (Å²) in [5.74, 6) is -1.73. The zero-order chi connectivity index (χ0) is 28.1. The van der Waals surface area contributed by atoms with Crippen molar-refractivity contribution in [1.82, 2.24) is 15.5 Å². The van der Waals surface area contributed by atoms with E-state index in [0.717, 1.165) is 0 Å². The molecule has 2 aliphatic rings. The highest BCUT2D eigenvalue weighted by atomic mass is 35.5. The molecular weight excluding hydrogens is 587 g/mol. The molecule has 11 nitrogen and oxygen atoms in total. The van der Waals surface area contributed by atoms with Gasteiger partial charge in [0.25, 0.3) is 5.91 Å². The molecule has 1 aromatic heterocycles. The van der Waals surface area contributed by atoms with Crippen LogP contribution in [0.4, 0.5) is 10.5 Å². The lowest BCUT2D eigenvalue weighted by molar-refractivity contribution is -0.688. The Balaban J connectivity index is 1.40. The summed E-state index contributed by atoms with van der Waals surface area (Å²) in [5, 5.41) is 18.4. The van der Waals surface area contributed by atoms with Gasteiger partial charge < -0.3 is 26.8 Å². The first-order valence-corrected chi connectivity index (χ1v) is 14.5. The highest BCUT2D eigenvalue weighted by Gasteiger charge is 2.54. The van der Waals surface area contributed by atoms with Crippen LogP contribution in [0, 0.1) is 0 Å². The van der Waals surface area contributed by atoms with Crippen LogP contribution in [0.2, 0.25) is 10.0 Å². The number of carbonyl (C=O) groups excluding carboxylic acids is 3. The van der Waals surface area contributed by atoms with Crippen LogP contribution >= 0.6 is 46.7 Å². The number of nitrogens with two attached hydrogens (primary N) is 1. The number of β-lactam (4-membered cyclic amide) rings is 1. The molecule has 4 amide bonds. The molecule has 1 saturated heterocycles. The standard InChI is InChI=1S/C24H24Cl2N6O5S2/c25-14-3-4-16(26)17(8-14)38-12-18(33)30-19-21(34)32-20(23(35)36)13(11-39-22(19)32)9-31-7-1-2-15(10-31)29-24(37)28-6-5-27/h1-4,7-8,10,19,22H,5-6,9,11-12,27H2,(H3-,28,29,30,33,35,36,37)/p+1/t19-,22-/m1/s1. The second-order valence-electron chi connectivity index (χ2n) is 8.51. The molecule has 15 heteroatoms. The van der Waals surface area contributed by atoms with E-state index in [1.165, 1.54) is 28.4 Å². The fourth-order valence-corrected chi connectivity index (χ4v) is 6.67. The minimum absolute atomic E-state index is 0.0133. The molecule has 39 heavy (non-hydrogen) atoms. The van der Waals surface area contributed by atoms with Crippen molar-refractivity contribution in [1.29, 1.82) is 0 Å². The number of halogens is 2. The van der Waals surface area contributed by atoms with Crippen molar-refractivity contribution in [2.75, 3.05) is 29.9 Å². The second kappa shape index (κ2) is 12.9. The number of thioether (sulfide) groups is 2. The number of nitrogens with zero attached hydrogens (tertiary/aromatic N) is 2. The lowest BCUT2D eigenvalue weighted by Gasteiger charge is -2.49. The zero-order valence-corrected chi connectivity index (χ0v) is 23.5. The van der Waals surface area contributed by atoms with Crippen molar-refractivity contribution < 1.29 is 28.9 Å². The van der Waals surface area contributed by atoms with Gasteiger partial charge in [0, 0.05) is 40.4 Å². The smallest absolute Gasteiger partial charge is 0.352 e. The molecule has 4 rings (SSSR count). The number of urea groups is 1. The van der Waals surface area contributed by atoms with Gasteiger partial charge in [0.2, 0.25) is 5.91 Å². The van der Waals surface area contributed by atoms with Crippen LogP contribution in [0.15, 0.2) is 58.9 Å². The van der Waals surface area contributed by atoms with E-state index < -0.39 is 29.3 Å². The van der Waals surface area contributed by atoms with Crippen LogP contribution in [-0.4, -0.2) is 69.8 Å². The molecular formula is C24H25Cl2N6O5S2+. The van der Waals surface area contributed by atoms with Crippen molar-refractivity contribution in [2.45, 2.75) is 22.9 Å². The first-order chi connectivity index (χ1) is 18.7. The minimum atomic E-state index is -1.23. The first-order valence-electron chi connectivity index (χ1n) is 11.7. The van der Waals surface area contributed by atoms with Crippen LogP contribution in [0.5, 0.6) is 0 Å². The fraction of sp³-hybridized carbons (Fsp3) is 0.292. The summed E-state index contributed by atoms with van der Waals surface area (Å²) in [4.78, 5) is 51.5. The van der Waals surface area contributed by atoms with E-state index in [1.807, 2.05) is 0 Å². The van der Waals surface area contributed by atoms with Crippen LogP contribution in [0.25, 0.3) is 0 Å². The molecule has 3 heterocycles. The number of aromatic nitrogens is 1. The summed E-state index contributed by atoms with van der Waals surface area (Å²) in [6.45, 7) is 0.828. The summed E-state index contributed by atoms with van der Waals surface area (Å²) in [5.41, 5.74) is 6.33. The Hall–Kier alpha value is -2.97. The molecule has 1 aromatic carbocycles. The van der Waals surface area contributed by atoms with Gasteiger partial charge >= 0.3 is 12.0 Å². The molecule has 0 bridgehead atoms. The van der Waals surface area contributed by atoms with Gasteiger partial charge in [-0.2, -0.15) is 4.57 Å². The lowest BCUT2D eigenvalue weighted by Crippen LogP contribution is -2.70. The van der Waals surface area contributed by atoms with Gasteiger partial charge in [-0.15, -0.1) is 23.5 Å². The van der Waals surface area contributed by atoms with Gasteiger partial charge in [0.15, 0.2) is 18.9 Å². The largest absolute Gasteiger partial charge is 0.477 e. The molecule has 2 atom stereocenters. The number of carboxylic acid groups (broad SMARTS) is 1. The van der Waals surface area contributed by atoms with Gasteiger partial charge in [-0.3, -0.25) is 14.5 Å². The van der Waals surface area contributed by atoms with Crippen LogP contribution in [-0.2, 0) is 20.9 Å². The molecule has 0 aliphatic carbocycles. The summed E-state index contributed by atoms with van der Waals surface area (Å²) < 4.78 is 1.72. The average Bonchev–Trinajstić information content (AvgIpc) is 2.90. The molecule has 0 spiro atoms. The van der Waals surface area contributed by atoms with Gasteiger partial charge in [-0.25, -0.2) is 9.59 Å². The Morgan fingerprint density at radius 2 is 2.05 bits per heavy atom. The fourth-order valence-electron chi connectivity index (χ4n) is 4.03. The van der Waals surface area contributed by atoms with Crippen LogP contribution in [0.3, 0.4) is 0 Å². The Labute approximate surface area is 242 Å². The molecule has 1 fully saturated rings. The molecule has 0 saturated carbocycles. The van der Waals surface area contributed by atoms with Crippen molar-refractivity contribution in [3.8, 4) is 0 Å². The number of benzene rings is 1. The number of amides is 4. The third-order valence-electron chi connectivity index (χ3n) is 5.74. The number of hydrogen-bond donors (Lipinski definition) is 5. The molecule has 206 valence electrons. The number of fused-ring (bicyclic) bond motifs is 1. The molecule has 0 unspecified atom stereocenters. The van der Waals surface area contributed by atoms with Crippen molar-refractivity contribution >= 4 is 76.2 Å². The SMILES string of the molecule is NCCNC(=O)Nc1ccc[n+](CC2=C(C(=O)O)N3C(=O)[C@@H](NC(=O)CSc4cc(Cl)ccc4Cl)[C@H]3SC2)c1. The number of carbonyl (C=O) groups is 4. The van der Waals surface area contributed by atoms with Gasteiger partial charge in [-0.05, 0) is 24.3 Å². The maximum absolute atomic E-state index is 13.0. The van der Waals surface area contributed by atoms with E-state index in [1.54, 1.807) is 47.3 Å². The molecule has 0 radical (unpaired) electrons. The van der Waals surface area contributed by atoms with E-state index >= 15 is 0 Å². The van der Waals surface area contributed by atoms with Gasteiger partial charge in [-0.1, -0.05) is 23.2 Å². The summed E-state index contributed by atoms with van der Waals surface area (Å²) in [6.07, 6.45) is 3.40. The number of aliphatic carboxylic acids is 1. The van der Waals surface area contributed by atoms with Crippen molar-refractivity contribution in [3.63, 3.8) is 0 Å². The van der Waals surface area contributed by atoms with Crippen molar-refractivity contribution in [2.24, 2.45) is 5.73 Å². The normalized spacial score (nSPS) is 18.2. The number of nitrogens with one attached hydrogen (secondary N) is 3. The summed E-state index contributed by atoms with van der Waals surface area (Å²) in [6, 6.07) is 7.11.